The lowest BCUT2D eigenvalue weighted by molar-refractivity contribution is 0.0761. The van der Waals surface area contributed by atoms with Crippen molar-refractivity contribution < 1.29 is 19.1 Å². The first-order chi connectivity index (χ1) is 16.1. The Balaban J connectivity index is 1.47. The number of thiocarbonyl (C=S) groups is 1. The fourth-order valence-corrected chi connectivity index (χ4v) is 3.77. The summed E-state index contributed by atoms with van der Waals surface area (Å²) < 4.78 is 10.8. The van der Waals surface area contributed by atoms with Gasteiger partial charge < -0.3 is 19.7 Å². The number of ether oxygens (including phenoxy) is 2. The molecule has 1 aliphatic heterocycles. The summed E-state index contributed by atoms with van der Waals surface area (Å²) in [5.74, 6) is 0.410. The molecular weight excluding hydrogens is 438 g/mol. The van der Waals surface area contributed by atoms with Gasteiger partial charge in [0.15, 0.2) is 5.11 Å². The second-order valence-electron chi connectivity index (χ2n) is 7.76. The van der Waals surface area contributed by atoms with Crippen LogP contribution in [0.15, 0.2) is 48.5 Å². The molecule has 0 aliphatic carbocycles. The molecule has 0 saturated carbocycles. The molecule has 1 aliphatic rings. The van der Waals surface area contributed by atoms with Crippen molar-refractivity contribution in [1.82, 2.24) is 10.2 Å². The average Bonchev–Trinajstić information content (AvgIpc) is 3.12. The molecule has 176 valence electrons. The van der Waals surface area contributed by atoms with Crippen molar-refractivity contribution in [1.29, 1.82) is 0 Å². The maximum Gasteiger partial charge on any atom is 0.257 e. The van der Waals surface area contributed by atoms with E-state index in [0.717, 1.165) is 25.9 Å². The Morgan fingerprint density at radius 1 is 0.909 bits per heavy atom. The van der Waals surface area contributed by atoms with Gasteiger partial charge in [0.1, 0.15) is 12.4 Å². The molecule has 0 bridgehead atoms. The summed E-state index contributed by atoms with van der Waals surface area (Å²) in [5, 5.41) is 5.83. The van der Waals surface area contributed by atoms with E-state index >= 15 is 0 Å². The molecular formula is C25H31N3O4S. The number of amides is 2. The quantitative estimate of drug-likeness (QED) is 0.445. The highest BCUT2D eigenvalue weighted by molar-refractivity contribution is 7.80. The molecule has 2 N–H and O–H groups in total. The fraction of sp³-hybridized carbons (Fsp3) is 0.400. The number of anilines is 1. The van der Waals surface area contributed by atoms with Crippen molar-refractivity contribution in [2.45, 2.75) is 32.6 Å². The molecule has 1 saturated heterocycles. The van der Waals surface area contributed by atoms with Crippen LogP contribution in [-0.4, -0.2) is 54.7 Å². The Morgan fingerprint density at radius 2 is 1.55 bits per heavy atom. The number of benzene rings is 2. The summed E-state index contributed by atoms with van der Waals surface area (Å²) in [7, 11) is 0. The van der Waals surface area contributed by atoms with Crippen LogP contribution in [0, 0.1) is 0 Å². The minimum Gasteiger partial charge on any atom is -0.491 e. The summed E-state index contributed by atoms with van der Waals surface area (Å²) in [6.45, 7) is 5.18. The molecule has 2 amide bonds. The molecule has 0 aromatic heterocycles. The maximum atomic E-state index is 12.7. The number of hydrogen-bond donors (Lipinski definition) is 2. The summed E-state index contributed by atoms with van der Waals surface area (Å²) in [6.07, 6.45) is 4.48. The number of carbonyl (C=O) groups is 2. The highest BCUT2D eigenvalue weighted by Gasteiger charge is 2.17. The maximum absolute atomic E-state index is 12.7. The van der Waals surface area contributed by atoms with Crippen molar-refractivity contribution in [3.8, 4) is 5.75 Å². The van der Waals surface area contributed by atoms with Crippen molar-refractivity contribution in [3.05, 3.63) is 59.7 Å². The predicted octanol–water partition coefficient (Wildman–Crippen LogP) is 4.24. The third kappa shape index (κ3) is 7.83. The molecule has 1 heterocycles. The summed E-state index contributed by atoms with van der Waals surface area (Å²) in [4.78, 5) is 27.1. The minimum atomic E-state index is -0.318. The van der Waals surface area contributed by atoms with E-state index in [4.69, 9.17) is 21.7 Å². The monoisotopic (exact) mass is 469 g/mol. The molecule has 3 rings (SSSR count). The lowest BCUT2D eigenvalue weighted by Crippen LogP contribution is -2.34. The van der Waals surface area contributed by atoms with Gasteiger partial charge in [0.05, 0.1) is 6.61 Å². The second-order valence-corrected chi connectivity index (χ2v) is 8.17. The third-order valence-electron chi connectivity index (χ3n) is 5.33. The number of likely N-dealkylation sites (tertiary alicyclic amines) is 1. The van der Waals surface area contributed by atoms with Gasteiger partial charge in [-0.05, 0) is 80.5 Å². The van der Waals surface area contributed by atoms with Crippen LogP contribution >= 0.6 is 12.2 Å². The standard InChI is InChI=1S/C25H31N3O4S/c1-2-31-17-18-32-22-13-9-19(10-14-22)23(29)27-25(33)26-21-11-7-20(8-12-21)24(30)28-15-5-3-4-6-16-28/h7-14H,2-6,15-18H2,1H3,(H2,26,27,29,33). The molecule has 33 heavy (non-hydrogen) atoms. The molecule has 7 nitrogen and oxygen atoms in total. The van der Waals surface area contributed by atoms with E-state index in [1.807, 2.05) is 11.8 Å². The zero-order valence-electron chi connectivity index (χ0n) is 19.0. The summed E-state index contributed by atoms with van der Waals surface area (Å²) >= 11 is 5.27. The molecule has 2 aromatic rings. The highest BCUT2D eigenvalue weighted by atomic mass is 32.1. The first-order valence-corrected chi connectivity index (χ1v) is 11.8. The topological polar surface area (TPSA) is 79.9 Å². The van der Waals surface area contributed by atoms with Gasteiger partial charge in [-0.3, -0.25) is 14.9 Å². The number of carbonyl (C=O) groups excluding carboxylic acids is 2. The fourth-order valence-electron chi connectivity index (χ4n) is 3.56. The van der Waals surface area contributed by atoms with Crippen molar-refractivity contribution in [2.24, 2.45) is 0 Å². The van der Waals surface area contributed by atoms with Crippen molar-refractivity contribution in [3.63, 3.8) is 0 Å². The van der Waals surface area contributed by atoms with Crippen LogP contribution in [0.2, 0.25) is 0 Å². The van der Waals surface area contributed by atoms with E-state index in [-0.39, 0.29) is 16.9 Å². The van der Waals surface area contributed by atoms with Gasteiger partial charge in [-0.25, -0.2) is 0 Å². The molecule has 8 heteroatoms. The normalized spacial score (nSPS) is 13.7. The van der Waals surface area contributed by atoms with Crippen LogP contribution in [0.4, 0.5) is 5.69 Å². The van der Waals surface area contributed by atoms with E-state index in [1.165, 1.54) is 12.8 Å². The average molecular weight is 470 g/mol. The smallest absolute Gasteiger partial charge is 0.257 e. The largest absolute Gasteiger partial charge is 0.491 e. The lowest BCUT2D eigenvalue weighted by Gasteiger charge is -2.20. The van der Waals surface area contributed by atoms with Gasteiger partial charge >= 0.3 is 0 Å². The van der Waals surface area contributed by atoms with Gasteiger partial charge in [-0.2, -0.15) is 0 Å². The molecule has 1 fully saturated rings. The molecule has 2 aromatic carbocycles. The van der Waals surface area contributed by atoms with E-state index in [9.17, 15) is 9.59 Å². The SMILES string of the molecule is CCOCCOc1ccc(C(=O)NC(=S)Nc2ccc(C(=O)N3CCCCCC3)cc2)cc1. The highest BCUT2D eigenvalue weighted by Crippen LogP contribution is 2.16. The predicted molar refractivity (Wildman–Crippen MR) is 133 cm³/mol. The summed E-state index contributed by atoms with van der Waals surface area (Å²) in [5.41, 5.74) is 1.82. The van der Waals surface area contributed by atoms with Gasteiger partial charge in [-0.1, -0.05) is 12.8 Å². The number of hydrogen-bond acceptors (Lipinski definition) is 5. The van der Waals surface area contributed by atoms with E-state index < -0.39 is 0 Å². The Labute approximate surface area is 200 Å². The molecule has 0 radical (unpaired) electrons. The van der Waals surface area contributed by atoms with Gasteiger partial charge in [-0.15, -0.1) is 0 Å². The van der Waals surface area contributed by atoms with Crippen LogP contribution in [0.3, 0.4) is 0 Å². The first kappa shape index (κ1) is 24.7. The van der Waals surface area contributed by atoms with Crippen molar-refractivity contribution in [2.75, 3.05) is 38.2 Å². The Morgan fingerprint density at radius 3 is 2.18 bits per heavy atom. The zero-order chi connectivity index (χ0) is 23.5. The second kappa shape index (κ2) is 12.9. The lowest BCUT2D eigenvalue weighted by atomic mass is 10.1. The Kier molecular flexibility index (Phi) is 9.65. The molecule has 0 spiro atoms. The van der Waals surface area contributed by atoms with Crippen LogP contribution < -0.4 is 15.4 Å². The molecule has 0 unspecified atom stereocenters. The number of nitrogens with one attached hydrogen (secondary N) is 2. The van der Waals surface area contributed by atoms with Gasteiger partial charge in [0.25, 0.3) is 11.8 Å². The van der Waals surface area contributed by atoms with Crippen molar-refractivity contribution >= 4 is 34.8 Å². The number of rotatable bonds is 8. The van der Waals surface area contributed by atoms with Crippen LogP contribution in [0.25, 0.3) is 0 Å². The Hall–Kier alpha value is -2.97. The van der Waals surface area contributed by atoms with Crippen LogP contribution in [-0.2, 0) is 4.74 Å². The Bertz CT molecular complexity index is 924. The first-order valence-electron chi connectivity index (χ1n) is 11.4. The van der Waals surface area contributed by atoms with E-state index in [1.54, 1.807) is 48.5 Å². The van der Waals surface area contributed by atoms with Gasteiger partial charge in [0.2, 0.25) is 0 Å². The van der Waals surface area contributed by atoms with E-state index in [2.05, 4.69) is 10.6 Å². The minimum absolute atomic E-state index is 0.0599. The number of nitrogens with zero attached hydrogens (tertiary/aromatic N) is 1. The van der Waals surface area contributed by atoms with E-state index in [0.29, 0.717) is 42.4 Å². The zero-order valence-corrected chi connectivity index (χ0v) is 19.8. The van der Waals surface area contributed by atoms with Crippen LogP contribution in [0.5, 0.6) is 5.75 Å². The van der Waals surface area contributed by atoms with Crippen LogP contribution in [0.1, 0.15) is 53.3 Å². The summed E-state index contributed by atoms with van der Waals surface area (Å²) in [6, 6.07) is 14.0. The van der Waals surface area contributed by atoms with Gasteiger partial charge in [0, 0.05) is 36.5 Å². The molecule has 0 atom stereocenters. The third-order valence-corrected chi connectivity index (χ3v) is 5.53.